The van der Waals surface area contributed by atoms with E-state index < -0.39 is 17.3 Å². The zero-order chi connectivity index (χ0) is 12.3. The van der Waals surface area contributed by atoms with Crippen molar-refractivity contribution in [3.05, 3.63) is 0 Å². The van der Waals surface area contributed by atoms with Crippen LogP contribution in [-0.4, -0.2) is 60.1 Å². The van der Waals surface area contributed by atoms with Crippen molar-refractivity contribution in [2.45, 2.75) is 13.8 Å². The van der Waals surface area contributed by atoms with Gasteiger partial charge in [0.1, 0.15) is 5.41 Å². The second-order valence-electron chi connectivity index (χ2n) is 4.66. The molecule has 0 aliphatic carbocycles. The number of nitrogens with zero attached hydrogens (tertiary/aromatic N) is 2. The average Bonchev–Trinajstić information content (AvgIpc) is 2.21. The molecule has 6 nitrogen and oxygen atoms in total. The lowest BCUT2D eigenvalue weighted by atomic mass is 9.93. The molecule has 0 aromatic heterocycles. The van der Waals surface area contributed by atoms with Crippen LogP contribution in [0.1, 0.15) is 13.8 Å². The van der Waals surface area contributed by atoms with Gasteiger partial charge >= 0.3 is 5.97 Å². The summed E-state index contributed by atoms with van der Waals surface area (Å²) in [5, 5.41) is 10.7. The fourth-order valence-corrected chi connectivity index (χ4v) is 1.30. The molecule has 0 saturated carbocycles. The van der Waals surface area contributed by atoms with Crippen molar-refractivity contribution in [3.63, 3.8) is 0 Å². The van der Waals surface area contributed by atoms with Crippen LogP contribution in [-0.2, 0) is 9.59 Å². The first-order chi connectivity index (χ1) is 7.34. The molecule has 1 rings (SSSR count). The van der Waals surface area contributed by atoms with Crippen LogP contribution in [0, 0.1) is 5.41 Å². The standard InChI is InChI=1S/C10H19N3O3/c1-10(2,9(15)16)8(14)11-13-6-4-12(3)5-7-13/h4-7H2,1-3H3,(H,11,14)(H,15,16). The Hall–Kier alpha value is -1.14. The van der Waals surface area contributed by atoms with Crippen LogP contribution in [0.3, 0.4) is 0 Å². The predicted octanol–water partition coefficient (Wildman–Crippen LogP) is -0.624. The smallest absolute Gasteiger partial charge is 0.318 e. The van der Waals surface area contributed by atoms with Crippen LogP contribution >= 0.6 is 0 Å². The van der Waals surface area contributed by atoms with Crippen LogP contribution in [0.4, 0.5) is 0 Å². The van der Waals surface area contributed by atoms with Gasteiger partial charge in [-0.2, -0.15) is 0 Å². The third kappa shape index (κ3) is 2.93. The van der Waals surface area contributed by atoms with Crippen LogP contribution in [0.2, 0.25) is 0 Å². The van der Waals surface area contributed by atoms with Gasteiger partial charge in [0.25, 0.3) is 5.91 Å². The summed E-state index contributed by atoms with van der Waals surface area (Å²) in [4.78, 5) is 24.7. The van der Waals surface area contributed by atoms with Gasteiger partial charge < -0.3 is 10.0 Å². The van der Waals surface area contributed by atoms with Gasteiger partial charge in [0.2, 0.25) is 0 Å². The fraction of sp³-hybridized carbons (Fsp3) is 0.800. The van der Waals surface area contributed by atoms with Crippen LogP contribution in [0.15, 0.2) is 0 Å². The summed E-state index contributed by atoms with van der Waals surface area (Å²) in [6.45, 7) is 5.99. The number of likely N-dealkylation sites (N-methyl/N-ethyl adjacent to an activating group) is 1. The molecule has 1 amide bonds. The number of aliphatic carboxylic acids is 1. The van der Waals surface area contributed by atoms with Crippen LogP contribution < -0.4 is 5.43 Å². The molecular weight excluding hydrogens is 210 g/mol. The summed E-state index contributed by atoms with van der Waals surface area (Å²) < 4.78 is 0. The number of carbonyl (C=O) groups excluding carboxylic acids is 1. The molecule has 0 aromatic rings. The maximum Gasteiger partial charge on any atom is 0.318 e. The Morgan fingerprint density at radius 1 is 1.19 bits per heavy atom. The molecule has 1 saturated heterocycles. The number of hydrogen-bond donors (Lipinski definition) is 2. The molecule has 0 bridgehead atoms. The Labute approximate surface area is 95.2 Å². The largest absolute Gasteiger partial charge is 0.480 e. The molecule has 0 aromatic carbocycles. The molecule has 6 heteroatoms. The number of carbonyl (C=O) groups is 2. The highest BCUT2D eigenvalue weighted by Gasteiger charge is 2.37. The lowest BCUT2D eigenvalue weighted by Gasteiger charge is -2.33. The lowest BCUT2D eigenvalue weighted by Crippen LogP contribution is -2.56. The summed E-state index contributed by atoms with van der Waals surface area (Å²) in [5.41, 5.74) is 1.26. The third-order valence-electron chi connectivity index (χ3n) is 2.87. The van der Waals surface area contributed by atoms with Crippen molar-refractivity contribution in [2.75, 3.05) is 33.2 Å². The highest BCUT2D eigenvalue weighted by molar-refractivity contribution is 6.00. The summed E-state index contributed by atoms with van der Waals surface area (Å²) in [5.74, 6) is -1.58. The van der Waals surface area contributed by atoms with Crippen molar-refractivity contribution < 1.29 is 14.7 Å². The van der Waals surface area contributed by atoms with Crippen LogP contribution in [0.25, 0.3) is 0 Å². The molecule has 92 valence electrons. The van der Waals surface area contributed by atoms with E-state index in [1.54, 1.807) is 5.01 Å². The van der Waals surface area contributed by atoms with Crippen molar-refractivity contribution in [2.24, 2.45) is 5.41 Å². The van der Waals surface area contributed by atoms with E-state index in [9.17, 15) is 9.59 Å². The zero-order valence-electron chi connectivity index (χ0n) is 9.99. The van der Waals surface area contributed by atoms with E-state index in [-0.39, 0.29) is 0 Å². The molecule has 0 atom stereocenters. The number of carboxylic acids is 1. The Kier molecular flexibility index (Phi) is 3.88. The van der Waals surface area contributed by atoms with E-state index in [1.165, 1.54) is 13.8 Å². The minimum absolute atomic E-state index is 0.468. The Balaban J connectivity index is 2.49. The Morgan fingerprint density at radius 2 is 1.69 bits per heavy atom. The van der Waals surface area contributed by atoms with E-state index in [0.717, 1.165) is 26.2 Å². The SMILES string of the molecule is CN1CCN(NC(=O)C(C)(C)C(=O)O)CC1. The third-order valence-corrected chi connectivity index (χ3v) is 2.87. The summed E-state index contributed by atoms with van der Waals surface area (Å²) in [6.07, 6.45) is 0. The number of amides is 1. The number of rotatable bonds is 3. The van der Waals surface area contributed by atoms with E-state index in [2.05, 4.69) is 10.3 Å². The minimum atomic E-state index is -1.39. The van der Waals surface area contributed by atoms with E-state index >= 15 is 0 Å². The molecule has 0 spiro atoms. The fourth-order valence-electron chi connectivity index (χ4n) is 1.30. The molecule has 0 unspecified atom stereocenters. The summed E-state index contributed by atoms with van der Waals surface area (Å²) in [6, 6.07) is 0. The number of carboxylic acid groups (broad SMARTS) is 1. The van der Waals surface area contributed by atoms with E-state index in [0.29, 0.717) is 0 Å². The first-order valence-electron chi connectivity index (χ1n) is 5.32. The molecule has 1 aliphatic heterocycles. The van der Waals surface area contributed by atoms with Crippen molar-refractivity contribution in [3.8, 4) is 0 Å². The monoisotopic (exact) mass is 229 g/mol. The Morgan fingerprint density at radius 3 is 2.12 bits per heavy atom. The first-order valence-corrected chi connectivity index (χ1v) is 5.32. The maximum absolute atomic E-state index is 11.7. The Bertz CT molecular complexity index is 283. The number of hydrogen-bond acceptors (Lipinski definition) is 4. The summed E-state index contributed by atoms with van der Waals surface area (Å²) in [7, 11) is 2.01. The molecule has 1 aliphatic rings. The van der Waals surface area contributed by atoms with Gasteiger partial charge in [-0.1, -0.05) is 0 Å². The topological polar surface area (TPSA) is 72.9 Å². The summed E-state index contributed by atoms with van der Waals surface area (Å²) >= 11 is 0. The highest BCUT2D eigenvalue weighted by atomic mass is 16.4. The van der Waals surface area contributed by atoms with Gasteiger partial charge in [-0.3, -0.25) is 15.0 Å². The van der Waals surface area contributed by atoms with Gasteiger partial charge in [-0.25, -0.2) is 5.01 Å². The molecule has 2 N–H and O–H groups in total. The van der Waals surface area contributed by atoms with Crippen molar-refractivity contribution in [1.29, 1.82) is 0 Å². The van der Waals surface area contributed by atoms with Gasteiger partial charge in [0.05, 0.1) is 0 Å². The zero-order valence-corrected chi connectivity index (χ0v) is 9.99. The van der Waals surface area contributed by atoms with E-state index in [4.69, 9.17) is 5.11 Å². The van der Waals surface area contributed by atoms with Gasteiger partial charge in [-0.15, -0.1) is 0 Å². The minimum Gasteiger partial charge on any atom is -0.480 e. The van der Waals surface area contributed by atoms with Gasteiger partial charge in [-0.05, 0) is 20.9 Å². The lowest BCUT2D eigenvalue weighted by molar-refractivity contribution is -0.155. The normalized spacial score (nSPS) is 19.4. The average molecular weight is 229 g/mol. The maximum atomic E-state index is 11.7. The second kappa shape index (κ2) is 4.80. The second-order valence-corrected chi connectivity index (χ2v) is 4.66. The van der Waals surface area contributed by atoms with Crippen molar-refractivity contribution >= 4 is 11.9 Å². The van der Waals surface area contributed by atoms with Crippen molar-refractivity contribution in [1.82, 2.24) is 15.3 Å². The number of hydrazine groups is 1. The van der Waals surface area contributed by atoms with Gasteiger partial charge in [0, 0.05) is 26.2 Å². The molecule has 1 heterocycles. The number of nitrogens with one attached hydrogen (secondary N) is 1. The number of piperazine rings is 1. The van der Waals surface area contributed by atoms with Gasteiger partial charge in [0.15, 0.2) is 0 Å². The predicted molar refractivity (Wildman–Crippen MR) is 58.6 cm³/mol. The quantitative estimate of drug-likeness (QED) is 0.631. The highest BCUT2D eigenvalue weighted by Crippen LogP contribution is 2.15. The van der Waals surface area contributed by atoms with Crippen LogP contribution in [0.5, 0.6) is 0 Å². The molecule has 0 radical (unpaired) electrons. The molecular formula is C10H19N3O3. The molecule has 16 heavy (non-hydrogen) atoms. The molecule has 1 fully saturated rings. The van der Waals surface area contributed by atoms with E-state index in [1.807, 2.05) is 7.05 Å². The first kappa shape index (κ1) is 12.9.